The molecule has 1 heterocycles. The van der Waals surface area contributed by atoms with Crippen molar-refractivity contribution in [1.29, 1.82) is 0 Å². The van der Waals surface area contributed by atoms with Crippen molar-refractivity contribution in [2.75, 3.05) is 24.5 Å². The summed E-state index contributed by atoms with van der Waals surface area (Å²) >= 11 is 0. The van der Waals surface area contributed by atoms with Crippen molar-refractivity contribution in [1.82, 2.24) is 4.90 Å². The molecule has 136 valence electrons. The first-order chi connectivity index (χ1) is 12.5. The summed E-state index contributed by atoms with van der Waals surface area (Å²) in [6.45, 7) is 7.83. The zero-order valence-electron chi connectivity index (χ0n) is 15.7. The number of rotatable bonds is 4. The molecule has 2 aromatic carbocycles. The molecule has 0 aromatic heterocycles. The van der Waals surface area contributed by atoms with Gasteiger partial charge in [-0.25, -0.2) is 0 Å². The van der Waals surface area contributed by atoms with Crippen LogP contribution in [-0.2, 0) is 4.79 Å². The second kappa shape index (κ2) is 7.73. The highest BCUT2D eigenvalue weighted by atomic mass is 16.2. The number of carbonyl (C=O) groups is 2. The lowest BCUT2D eigenvalue weighted by Crippen LogP contribution is -2.38. The van der Waals surface area contributed by atoms with E-state index in [-0.39, 0.29) is 17.7 Å². The number of hydrogen-bond acceptors (Lipinski definition) is 2. The summed E-state index contributed by atoms with van der Waals surface area (Å²) in [4.78, 5) is 29.4. The number of amides is 2. The molecule has 3 rings (SSSR count). The van der Waals surface area contributed by atoms with E-state index >= 15 is 0 Å². The lowest BCUT2D eigenvalue weighted by molar-refractivity contribution is -0.121. The number of anilines is 1. The third kappa shape index (κ3) is 3.64. The summed E-state index contributed by atoms with van der Waals surface area (Å²) in [5.41, 5.74) is 3.90. The minimum Gasteiger partial charge on any atom is -0.338 e. The third-order valence-corrected chi connectivity index (χ3v) is 5.08. The molecule has 0 aliphatic carbocycles. The van der Waals surface area contributed by atoms with Crippen LogP contribution in [0.25, 0.3) is 0 Å². The Labute approximate surface area is 155 Å². The SMILES string of the molecule is CCN(C(=O)C1CCN(C(=O)c2ccccc2)C1)c1cc(C)ccc1C. The van der Waals surface area contributed by atoms with Crippen LogP contribution in [0, 0.1) is 19.8 Å². The van der Waals surface area contributed by atoms with Gasteiger partial charge < -0.3 is 9.80 Å². The summed E-state index contributed by atoms with van der Waals surface area (Å²) in [6.07, 6.45) is 0.721. The predicted molar refractivity (Wildman–Crippen MR) is 104 cm³/mol. The monoisotopic (exact) mass is 350 g/mol. The molecule has 0 saturated carbocycles. The van der Waals surface area contributed by atoms with E-state index in [1.54, 1.807) is 4.90 Å². The highest BCUT2D eigenvalue weighted by Crippen LogP contribution is 2.27. The number of benzene rings is 2. The van der Waals surface area contributed by atoms with Crippen LogP contribution in [-0.4, -0.2) is 36.3 Å². The van der Waals surface area contributed by atoms with E-state index in [9.17, 15) is 9.59 Å². The van der Waals surface area contributed by atoms with Crippen molar-refractivity contribution in [3.63, 3.8) is 0 Å². The molecule has 0 bridgehead atoms. The lowest BCUT2D eigenvalue weighted by atomic mass is 10.0. The first kappa shape index (κ1) is 18.2. The van der Waals surface area contributed by atoms with Crippen molar-refractivity contribution in [3.05, 3.63) is 65.2 Å². The fourth-order valence-corrected chi connectivity index (χ4v) is 3.59. The Bertz CT molecular complexity index is 801. The zero-order valence-corrected chi connectivity index (χ0v) is 15.7. The van der Waals surface area contributed by atoms with E-state index < -0.39 is 0 Å². The average Bonchev–Trinajstić information content (AvgIpc) is 3.15. The molecule has 1 aliphatic heterocycles. The molecule has 0 spiro atoms. The molecule has 26 heavy (non-hydrogen) atoms. The van der Waals surface area contributed by atoms with Gasteiger partial charge in [0, 0.05) is 30.9 Å². The number of likely N-dealkylation sites (tertiary alicyclic amines) is 1. The van der Waals surface area contributed by atoms with Gasteiger partial charge in [0.05, 0.1) is 5.92 Å². The van der Waals surface area contributed by atoms with Crippen LogP contribution in [0.4, 0.5) is 5.69 Å². The fraction of sp³-hybridized carbons (Fsp3) is 0.364. The Balaban J connectivity index is 1.74. The van der Waals surface area contributed by atoms with Crippen LogP contribution < -0.4 is 4.90 Å². The van der Waals surface area contributed by atoms with Crippen LogP contribution >= 0.6 is 0 Å². The second-order valence-electron chi connectivity index (χ2n) is 6.98. The quantitative estimate of drug-likeness (QED) is 0.841. The van der Waals surface area contributed by atoms with E-state index in [0.29, 0.717) is 25.2 Å². The van der Waals surface area contributed by atoms with Crippen LogP contribution in [0.1, 0.15) is 34.8 Å². The van der Waals surface area contributed by atoms with Crippen molar-refractivity contribution in [3.8, 4) is 0 Å². The normalized spacial score (nSPS) is 16.6. The van der Waals surface area contributed by atoms with E-state index in [1.165, 1.54) is 0 Å². The van der Waals surface area contributed by atoms with Gasteiger partial charge >= 0.3 is 0 Å². The molecular weight excluding hydrogens is 324 g/mol. The Kier molecular flexibility index (Phi) is 5.40. The standard InChI is InChI=1S/C22H26N2O2/c1-4-24(20-14-16(2)10-11-17(20)3)22(26)19-12-13-23(15-19)21(25)18-8-6-5-7-9-18/h5-11,14,19H,4,12-13,15H2,1-3H3. The maximum atomic E-state index is 13.1. The number of nitrogens with zero attached hydrogens (tertiary/aromatic N) is 2. The largest absolute Gasteiger partial charge is 0.338 e. The molecule has 1 fully saturated rings. The Morgan fingerprint density at radius 2 is 1.85 bits per heavy atom. The van der Waals surface area contributed by atoms with E-state index in [2.05, 4.69) is 18.2 Å². The maximum Gasteiger partial charge on any atom is 0.253 e. The first-order valence-corrected chi connectivity index (χ1v) is 9.24. The third-order valence-electron chi connectivity index (χ3n) is 5.08. The summed E-state index contributed by atoms with van der Waals surface area (Å²) < 4.78 is 0. The smallest absolute Gasteiger partial charge is 0.253 e. The minimum atomic E-state index is -0.137. The van der Waals surface area contributed by atoms with Gasteiger partial charge in [-0.1, -0.05) is 30.3 Å². The van der Waals surface area contributed by atoms with Crippen LogP contribution in [0.15, 0.2) is 48.5 Å². The number of carbonyl (C=O) groups excluding carboxylic acids is 2. The lowest BCUT2D eigenvalue weighted by Gasteiger charge is -2.26. The van der Waals surface area contributed by atoms with Crippen molar-refractivity contribution < 1.29 is 9.59 Å². The summed E-state index contributed by atoms with van der Waals surface area (Å²) in [5.74, 6) is -0.0113. The Morgan fingerprint density at radius 1 is 1.12 bits per heavy atom. The van der Waals surface area contributed by atoms with Crippen molar-refractivity contribution in [2.24, 2.45) is 5.92 Å². The molecule has 0 N–H and O–H groups in total. The number of aryl methyl sites for hydroxylation is 2. The highest BCUT2D eigenvalue weighted by molar-refractivity contribution is 5.98. The molecule has 4 nitrogen and oxygen atoms in total. The Morgan fingerprint density at radius 3 is 2.54 bits per heavy atom. The van der Waals surface area contributed by atoms with E-state index in [0.717, 1.165) is 23.2 Å². The number of hydrogen-bond donors (Lipinski definition) is 0. The van der Waals surface area contributed by atoms with Gasteiger partial charge in [0.2, 0.25) is 5.91 Å². The van der Waals surface area contributed by atoms with Gasteiger partial charge in [-0.15, -0.1) is 0 Å². The summed E-state index contributed by atoms with van der Waals surface area (Å²) in [6, 6.07) is 15.5. The first-order valence-electron chi connectivity index (χ1n) is 9.24. The van der Waals surface area contributed by atoms with E-state index in [1.807, 2.05) is 56.0 Å². The van der Waals surface area contributed by atoms with Gasteiger partial charge in [-0.2, -0.15) is 0 Å². The van der Waals surface area contributed by atoms with Gasteiger partial charge in [-0.05, 0) is 56.5 Å². The molecule has 0 radical (unpaired) electrons. The zero-order chi connectivity index (χ0) is 18.7. The highest BCUT2D eigenvalue weighted by Gasteiger charge is 2.34. The van der Waals surface area contributed by atoms with Gasteiger partial charge in [0.1, 0.15) is 0 Å². The van der Waals surface area contributed by atoms with Crippen molar-refractivity contribution in [2.45, 2.75) is 27.2 Å². The van der Waals surface area contributed by atoms with Crippen LogP contribution in [0.3, 0.4) is 0 Å². The van der Waals surface area contributed by atoms with Gasteiger partial charge in [0.15, 0.2) is 0 Å². The van der Waals surface area contributed by atoms with E-state index in [4.69, 9.17) is 0 Å². The molecule has 4 heteroatoms. The average molecular weight is 350 g/mol. The molecule has 2 amide bonds. The summed E-state index contributed by atoms with van der Waals surface area (Å²) in [7, 11) is 0. The molecule has 1 atom stereocenters. The van der Waals surface area contributed by atoms with Gasteiger partial charge in [0.25, 0.3) is 5.91 Å². The topological polar surface area (TPSA) is 40.6 Å². The van der Waals surface area contributed by atoms with Gasteiger partial charge in [-0.3, -0.25) is 9.59 Å². The van der Waals surface area contributed by atoms with Crippen LogP contribution in [0.2, 0.25) is 0 Å². The molecule has 1 saturated heterocycles. The second-order valence-corrected chi connectivity index (χ2v) is 6.98. The summed E-state index contributed by atoms with van der Waals surface area (Å²) in [5, 5.41) is 0. The predicted octanol–water partition coefficient (Wildman–Crippen LogP) is 3.82. The minimum absolute atomic E-state index is 0.00989. The molecular formula is C22H26N2O2. The maximum absolute atomic E-state index is 13.1. The van der Waals surface area contributed by atoms with Crippen LogP contribution in [0.5, 0.6) is 0 Å². The fourth-order valence-electron chi connectivity index (χ4n) is 3.59. The van der Waals surface area contributed by atoms with Crippen molar-refractivity contribution >= 4 is 17.5 Å². The Hall–Kier alpha value is -2.62. The molecule has 1 aliphatic rings. The molecule has 1 unspecified atom stereocenters. The molecule has 2 aromatic rings.